The fraction of sp³-hybridized carbons (Fsp3) is 0.450. The number of amides is 2. The van der Waals surface area contributed by atoms with Gasteiger partial charge in [-0.2, -0.15) is 5.26 Å². The molecule has 2 amide bonds. The number of likely N-dealkylation sites (tertiary alicyclic amines) is 1. The number of aromatic amines is 1. The quantitative estimate of drug-likeness (QED) is 0.710. The molecule has 2 aromatic rings. The maximum atomic E-state index is 12.3. The van der Waals surface area contributed by atoms with Crippen molar-refractivity contribution in [3.8, 4) is 6.07 Å². The molecule has 2 N–H and O–H groups in total. The molecule has 0 aliphatic carbocycles. The summed E-state index contributed by atoms with van der Waals surface area (Å²) in [5, 5.41) is 12.3. The van der Waals surface area contributed by atoms with Gasteiger partial charge in [-0.25, -0.2) is 9.97 Å². The molecule has 0 aromatic carbocycles. The van der Waals surface area contributed by atoms with Gasteiger partial charge in [-0.05, 0) is 18.4 Å². The normalized spacial score (nSPS) is 19.3. The van der Waals surface area contributed by atoms with Crippen molar-refractivity contribution in [3.63, 3.8) is 0 Å². The number of piperidine rings is 1. The number of aromatic nitrogens is 3. The van der Waals surface area contributed by atoms with Crippen LogP contribution in [0.4, 0.5) is 5.82 Å². The maximum absolute atomic E-state index is 12.3. The van der Waals surface area contributed by atoms with Gasteiger partial charge in [-0.1, -0.05) is 13.0 Å². The van der Waals surface area contributed by atoms with Crippen LogP contribution in [-0.4, -0.2) is 64.4 Å². The number of H-pyrrole nitrogens is 1. The van der Waals surface area contributed by atoms with E-state index < -0.39 is 0 Å². The Labute approximate surface area is 169 Å². The summed E-state index contributed by atoms with van der Waals surface area (Å²) in [6.07, 6.45) is 7.33. The third-order valence-electron chi connectivity index (χ3n) is 5.32. The van der Waals surface area contributed by atoms with Crippen molar-refractivity contribution >= 4 is 28.7 Å². The number of carbonyl (C=O) groups is 2. The van der Waals surface area contributed by atoms with E-state index in [9.17, 15) is 9.59 Å². The highest BCUT2D eigenvalue weighted by molar-refractivity contribution is 5.88. The molecule has 3 heterocycles. The van der Waals surface area contributed by atoms with Crippen LogP contribution >= 0.6 is 0 Å². The summed E-state index contributed by atoms with van der Waals surface area (Å²) in [6, 6.07) is 3.86. The van der Waals surface area contributed by atoms with E-state index in [4.69, 9.17) is 5.26 Å². The van der Waals surface area contributed by atoms with Crippen LogP contribution in [0.3, 0.4) is 0 Å². The predicted octanol–water partition coefficient (Wildman–Crippen LogP) is 1.22. The second-order valence-corrected chi connectivity index (χ2v) is 7.11. The lowest BCUT2D eigenvalue weighted by molar-refractivity contribution is -0.131. The van der Waals surface area contributed by atoms with E-state index in [-0.39, 0.29) is 24.3 Å². The van der Waals surface area contributed by atoms with Crippen molar-refractivity contribution in [2.75, 3.05) is 31.6 Å². The number of nitrogens with one attached hydrogen (secondary N) is 2. The number of anilines is 1. The van der Waals surface area contributed by atoms with Crippen LogP contribution < -0.4 is 10.2 Å². The molecular weight excluding hydrogens is 370 g/mol. The molecule has 0 radical (unpaired) electrons. The van der Waals surface area contributed by atoms with Gasteiger partial charge in [0.1, 0.15) is 24.2 Å². The molecule has 0 bridgehead atoms. The third-order valence-corrected chi connectivity index (χ3v) is 5.32. The Morgan fingerprint density at radius 2 is 2.31 bits per heavy atom. The number of fused-ring (bicyclic) bond motifs is 1. The Bertz CT molecular complexity index is 946. The molecule has 3 rings (SSSR count). The Balaban J connectivity index is 1.94. The average molecular weight is 395 g/mol. The molecule has 1 saturated heterocycles. The first kappa shape index (κ1) is 20.3. The molecule has 1 fully saturated rings. The largest absolute Gasteiger partial charge is 0.356 e. The Morgan fingerprint density at radius 1 is 1.48 bits per heavy atom. The lowest BCUT2D eigenvalue weighted by atomic mass is 9.91. The van der Waals surface area contributed by atoms with E-state index in [0.717, 1.165) is 23.3 Å². The van der Waals surface area contributed by atoms with Gasteiger partial charge in [0.15, 0.2) is 0 Å². The van der Waals surface area contributed by atoms with Crippen LogP contribution in [0.5, 0.6) is 0 Å². The Hall–Kier alpha value is -3.41. The minimum Gasteiger partial charge on any atom is -0.356 e. The van der Waals surface area contributed by atoms with Gasteiger partial charge >= 0.3 is 0 Å². The SMILES string of the molecule is CNC(=O)/C=C/CN(c1ncnc2[nH]ccc12)C1CN(C(=O)CC#N)CC[C@H]1C. The number of nitriles is 1. The van der Waals surface area contributed by atoms with Crippen LogP contribution in [0.15, 0.2) is 30.7 Å². The third kappa shape index (κ3) is 4.54. The summed E-state index contributed by atoms with van der Waals surface area (Å²) in [7, 11) is 1.58. The van der Waals surface area contributed by atoms with Crippen molar-refractivity contribution in [1.82, 2.24) is 25.2 Å². The van der Waals surface area contributed by atoms with Crippen LogP contribution in [0, 0.1) is 17.2 Å². The van der Waals surface area contributed by atoms with E-state index in [1.807, 2.05) is 18.3 Å². The maximum Gasteiger partial charge on any atom is 0.243 e. The van der Waals surface area contributed by atoms with Gasteiger partial charge in [0.05, 0.1) is 17.5 Å². The van der Waals surface area contributed by atoms with Crippen molar-refractivity contribution in [2.45, 2.75) is 25.8 Å². The summed E-state index contributed by atoms with van der Waals surface area (Å²) in [5.41, 5.74) is 0.733. The van der Waals surface area contributed by atoms with Crippen LogP contribution in [0.25, 0.3) is 11.0 Å². The van der Waals surface area contributed by atoms with Gasteiger partial charge in [-0.15, -0.1) is 0 Å². The zero-order valence-electron chi connectivity index (χ0n) is 16.6. The summed E-state index contributed by atoms with van der Waals surface area (Å²) >= 11 is 0. The molecule has 1 aliphatic heterocycles. The second kappa shape index (κ2) is 9.19. The first-order chi connectivity index (χ1) is 14.0. The summed E-state index contributed by atoms with van der Waals surface area (Å²) in [6.45, 7) is 3.76. The van der Waals surface area contributed by atoms with Gasteiger partial charge in [0, 0.05) is 39.0 Å². The molecule has 2 atom stereocenters. The molecule has 1 aliphatic rings. The Kier molecular flexibility index (Phi) is 6.44. The van der Waals surface area contributed by atoms with Crippen molar-refractivity contribution in [2.24, 2.45) is 5.92 Å². The molecule has 0 saturated carbocycles. The van der Waals surface area contributed by atoms with E-state index in [1.54, 1.807) is 18.0 Å². The van der Waals surface area contributed by atoms with E-state index >= 15 is 0 Å². The van der Waals surface area contributed by atoms with Crippen LogP contribution in [-0.2, 0) is 9.59 Å². The van der Waals surface area contributed by atoms with Crippen molar-refractivity contribution < 1.29 is 9.59 Å². The molecule has 9 nitrogen and oxygen atoms in total. The smallest absolute Gasteiger partial charge is 0.243 e. The number of carbonyl (C=O) groups excluding carboxylic acids is 2. The highest BCUT2D eigenvalue weighted by atomic mass is 16.2. The topological polar surface area (TPSA) is 118 Å². The van der Waals surface area contributed by atoms with Crippen LogP contribution in [0.2, 0.25) is 0 Å². The van der Waals surface area contributed by atoms with Gasteiger partial charge in [-0.3, -0.25) is 9.59 Å². The van der Waals surface area contributed by atoms with Crippen LogP contribution in [0.1, 0.15) is 19.8 Å². The molecule has 152 valence electrons. The summed E-state index contributed by atoms with van der Waals surface area (Å²) in [4.78, 5) is 39.7. The standard InChI is InChI=1S/C20H25N7O2/c1-14-7-11-26(18(29)5-8-21)12-16(14)27(10-3-4-17(28)22-2)20-15-6-9-23-19(15)24-13-25-20/h3-4,6,9,13-14,16H,5,7,10-12H2,1-2H3,(H,22,28)(H,23,24,25)/b4-3+/t14-,16?/m1/s1. The zero-order chi connectivity index (χ0) is 20.8. The number of hydrogen-bond acceptors (Lipinski definition) is 6. The molecule has 9 heteroatoms. The van der Waals surface area contributed by atoms with Gasteiger partial charge < -0.3 is 20.1 Å². The summed E-state index contributed by atoms with van der Waals surface area (Å²) < 4.78 is 0. The van der Waals surface area contributed by atoms with E-state index in [1.165, 1.54) is 12.4 Å². The van der Waals surface area contributed by atoms with Gasteiger partial charge in [0.2, 0.25) is 11.8 Å². The molecule has 0 spiro atoms. The highest BCUT2D eigenvalue weighted by Crippen LogP contribution is 2.30. The predicted molar refractivity (Wildman–Crippen MR) is 109 cm³/mol. The van der Waals surface area contributed by atoms with E-state index in [0.29, 0.717) is 25.6 Å². The first-order valence-electron chi connectivity index (χ1n) is 9.62. The zero-order valence-corrected chi connectivity index (χ0v) is 16.6. The average Bonchev–Trinajstić information content (AvgIpc) is 3.21. The monoisotopic (exact) mass is 395 g/mol. The first-order valence-corrected chi connectivity index (χ1v) is 9.62. The minimum atomic E-state index is -0.179. The number of hydrogen-bond donors (Lipinski definition) is 2. The van der Waals surface area contributed by atoms with Crippen molar-refractivity contribution in [1.29, 1.82) is 5.26 Å². The van der Waals surface area contributed by atoms with E-state index in [2.05, 4.69) is 32.1 Å². The molecule has 2 aromatic heterocycles. The molecular formula is C20H25N7O2. The fourth-order valence-corrected chi connectivity index (χ4v) is 3.68. The number of likely N-dealkylation sites (N-methyl/N-ethyl adjacent to an activating group) is 1. The van der Waals surface area contributed by atoms with Gasteiger partial charge in [0.25, 0.3) is 0 Å². The molecule has 29 heavy (non-hydrogen) atoms. The van der Waals surface area contributed by atoms with Crippen molar-refractivity contribution in [3.05, 3.63) is 30.7 Å². The summed E-state index contributed by atoms with van der Waals surface area (Å²) in [5.74, 6) is 0.726. The lowest BCUT2D eigenvalue weighted by Gasteiger charge is -2.43. The fourth-order valence-electron chi connectivity index (χ4n) is 3.68. The molecule has 1 unspecified atom stereocenters. The second-order valence-electron chi connectivity index (χ2n) is 7.11. The number of nitrogens with zero attached hydrogens (tertiary/aromatic N) is 5. The lowest BCUT2D eigenvalue weighted by Crippen LogP contribution is -2.54. The number of rotatable bonds is 6. The Morgan fingerprint density at radius 3 is 3.07 bits per heavy atom. The minimum absolute atomic E-state index is 0.00580. The highest BCUT2D eigenvalue weighted by Gasteiger charge is 2.33.